The first-order valence-electron chi connectivity index (χ1n) is 11.8. The van der Waals surface area contributed by atoms with Crippen molar-refractivity contribution in [2.75, 3.05) is 33.4 Å². The van der Waals surface area contributed by atoms with Crippen molar-refractivity contribution in [3.8, 4) is 11.5 Å². The molecule has 1 aliphatic heterocycles. The predicted molar refractivity (Wildman–Crippen MR) is 131 cm³/mol. The number of rotatable bonds is 9. The van der Waals surface area contributed by atoms with Gasteiger partial charge < -0.3 is 23.6 Å². The molecule has 1 aromatic carbocycles. The van der Waals surface area contributed by atoms with Crippen LogP contribution in [0.5, 0.6) is 11.5 Å². The first-order chi connectivity index (χ1) is 17.1. The minimum absolute atomic E-state index is 0.143. The van der Waals surface area contributed by atoms with E-state index < -0.39 is 5.97 Å². The normalized spacial score (nSPS) is 14.9. The molecule has 0 amide bonds. The fraction of sp³-hybridized carbons (Fsp3) is 0.333. The van der Waals surface area contributed by atoms with Gasteiger partial charge in [-0.15, -0.1) is 0 Å². The zero-order valence-corrected chi connectivity index (χ0v) is 19.7. The summed E-state index contributed by atoms with van der Waals surface area (Å²) in [6.07, 6.45) is 7.87. The van der Waals surface area contributed by atoms with E-state index in [4.69, 9.17) is 13.9 Å². The summed E-state index contributed by atoms with van der Waals surface area (Å²) in [5.74, 6) is 1.28. The second-order valence-corrected chi connectivity index (χ2v) is 8.80. The van der Waals surface area contributed by atoms with Crippen molar-refractivity contribution in [1.82, 2.24) is 14.5 Å². The number of nitrogens with zero attached hydrogens (tertiary/aromatic N) is 3. The van der Waals surface area contributed by atoms with E-state index in [0.717, 1.165) is 43.9 Å². The van der Waals surface area contributed by atoms with Crippen LogP contribution in [-0.4, -0.2) is 58.9 Å². The molecule has 5 rings (SSSR count). The molecular weight excluding hydrogens is 446 g/mol. The molecule has 0 spiro atoms. The molecule has 0 aliphatic carbocycles. The maximum Gasteiger partial charge on any atom is 0.339 e. The number of carboxylic acid groups (broad SMARTS) is 1. The van der Waals surface area contributed by atoms with Crippen molar-refractivity contribution in [3.63, 3.8) is 0 Å². The second-order valence-electron chi connectivity index (χ2n) is 8.80. The van der Waals surface area contributed by atoms with Crippen molar-refractivity contribution < 1.29 is 23.8 Å². The lowest BCUT2D eigenvalue weighted by atomic mass is 9.89. The Morgan fingerprint density at radius 2 is 2.06 bits per heavy atom. The number of hydrogen-bond donors (Lipinski definition) is 1. The Morgan fingerprint density at radius 1 is 1.20 bits per heavy atom. The number of likely N-dealkylation sites (tertiary alicyclic amines) is 1. The lowest BCUT2D eigenvalue weighted by molar-refractivity contribution is 0.0691. The third kappa shape index (κ3) is 5.02. The van der Waals surface area contributed by atoms with Gasteiger partial charge in [-0.1, -0.05) is 0 Å². The van der Waals surface area contributed by atoms with Crippen LogP contribution in [0, 0.1) is 0 Å². The van der Waals surface area contributed by atoms with Crippen LogP contribution in [0.15, 0.2) is 65.5 Å². The fourth-order valence-electron chi connectivity index (χ4n) is 4.84. The zero-order valence-electron chi connectivity index (χ0n) is 19.7. The Morgan fingerprint density at radius 3 is 2.80 bits per heavy atom. The Kier molecular flexibility index (Phi) is 6.72. The molecular formula is C27H29N3O5. The smallest absolute Gasteiger partial charge is 0.339 e. The average Bonchev–Trinajstić information content (AvgIpc) is 3.53. The highest BCUT2D eigenvalue weighted by atomic mass is 16.5. The molecule has 1 fully saturated rings. The molecule has 8 nitrogen and oxygen atoms in total. The molecule has 8 heteroatoms. The van der Waals surface area contributed by atoms with Gasteiger partial charge in [-0.05, 0) is 73.8 Å². The van der Waals surface area contributed by atoms with Crippen molar-refractivity contribution >= 4 is 17.0 Å². The van der Waals surface area contributed by atoms with Gasteiger partial charge in [-0.2, -0.15) is 0 Å². The van der Waals surface area contributed by atoms with E-state index in [-0.39, 0.29) is 5.56 Å². The summed E-state index contributed by atoms with van der Waals surface area (Å²) in [5, 5.41) is 10.6. The van der Waals surface area contributed by atoms with Gasteiger partial charge in [0.15, 0.2) is 0 Å². The van der Waals surface area contributed by atoms with Crippen LogP contribution in [-0.2, 0) is 6.54 Å². The molecule has 35 heavy (non-hydrogen) atoms. The third-order valence-electron chi connectivity index (χ3n) is 6.68. The Bertz CT molecular complexity index is 1290. The Labute approximate surface area is 203 Å². The van der Waals surface area contributed by atoms with Gasteiger partial charge in [0.05, 0.1) is 19.9 Å². The molecule has 1 N–H and O–H groups in total. The van der Waals surface area contributed by atoms with Gasteiger partial charge >= 0.3 is 5.97 Å². The number of carboxylic acids is 1. The predicted octanol–water partition coefficient (Wildman–Crippen LogP) is 4.64. The van der Waals surface area contributed by atoms with Gasteiger partial charge in [0.25, 0.3) is 0 Å². The molecule has 4 aromatic rings. The van der Waals surface area contributed by atoms with Gasteiger partial charge in [-0.25, -0.2) is 9.78 Å². The summed E-state index contributed by atoms with van der Waals surface area (Å²) < 4.78 is 18.8. The molecule has 3 aromatic heterocycles. The summed E-state index contributed by atoms with van der Waals surface area (Å²) in [6.45, 7) is 3.75. The highest BCUT2D eigenvalue weighted by Crippen LogP contribution is 2.34. The molecule has 4 heterocycles. The molecule has 0 atom stereocenters. The van der Waals surface area contributed by atoms with Crippen molar-refractivity contribution in [2.24, 2.45) is 0 Å². The van der Waals surface area contributed by atoms with E-state index >= 15 is 0 Å². The summed E-state index contributed by atoms with van der Waals surface area (Å²) >= 11 is 0. The highest BCUT2D eigenvalue weighted by molar-refractivity contribution is 5.91. The monoisotopic (exact) mass is 475 g/mol. The van der Waals surface area contributed by atoms with E-state index in [1.165, 1.54) is 17.0 Å². The number of aromatic carboxylic acids is 1. The minimum Gasteiger partial charge on any atom is -0.497 e. The number of fused-ring (bicyclic) bond motifs is 1. The average molecular weight is 476 g/mol. The van der Waals surface area contributed by atoms with E-state index in [2.05, 4.69) is 26.7 Å². The zero-order chi connectivity index (χ0) is 24.2. The molecule has 182 valence electrons. The quantitative estimate of drug-likeness (QED) is 0.377. The molecule has 1 aliphatic rings. The fourth-order valence-corrected chi connectivity index (χ4v) is 4.84. The van der Waals surface area contributed by atoms with E-state index in [9.17, 15) is 9.90 Å². The first kappa shape index (κ1) is 23.0. The first-order valence-corrected chi connectivity index (χ1v) is 11.8. The van der Waals surface area contributed by atoms with Crippen molar-refractivity contribution in [2.45, 2.75) is 25.3 Å². The lowest BCUT2D eigenvalue weighted by Crippen LogP contribution is -2.35. The summed E-state index contributed by atoms with van der Waals surface area (Å²) in [5.41, 5.74) is 2.48. The van der Waals surface area contributed by atoms with Crippen LogP contribution in [0.25, 0.3) is 11.0 Å². The molecule has 0 radical (unpaired) electrons. The Hall–Kier alpha value is -3.78. The molecule has 1 saturated heterocycles. The number of pyridine rings is 1. The number of aromatic nitrogens is 2. The van der Waals surface area contributed by atoms with Crippen LogP contribution in [0.1, 0.15) is 40.4 Å². The minimum atomic E-state index is -1.01. The maximum absolute atomic E-state index is 11.5. The maximum atomic E-state index is 11.5. The second kappa shape index (κ2) is 10.2. The topological polar surface area (TPSA) is 90.0 Å². The van der Waals surface area contributed by atoms with Crippen LogP contribution >= 0.6 is 0 Å². The summed E-state index contributed by atoms with van der Waals surface area (Å²) in [6, 6.07) is 12.8. The Balaban J connectivity index is 1.20. The number of methoxy groups -OCH3 is 1. The number of benzene rings is 1. The number of ether oxygens (including phenoxy) is 2. The highest BCUT2D eigenvalue weighted by Gasteiger charge is 2.24. The number of carbonyl (C=O) groups is 1. The molecule has 0 saturated carbocycles. The largest absolute Gasteiger partial charge is 0.497 e. The number of hydrogen-bond acceptors (Lipinski definition) is 6. The van der Waals surface area contributed by atoms with Crippen molar-refractivity contribution in [3.05, 3.63) is 78.0 Å². The van der Waals surface area contributed by atoms with E-state index in [0.29, 0.717) is 30.6 Å². The molecule has 0 unspecified atom stereocenters. The van der Waals surface area contributed by atoms with Crippen LogP contribution < -0.4 is 9.47 Å². The van der Waals surface area contributed by atoms with Crippen LogP contribution in [0.4, 0.5) is 0 Å². The lowest BCUT2D eigenvalue weighted by Gasteiger charge is -2.31. The van der Waals surface area contributed by atoms with Gasteiger partial charge in [0.1, 0.15) is 35.1 Å². The van der Waals surface area contributed by atoms with Crippen LogP contribution in [0.2, 0.25) is 0 Å². The number of furan rings is 1. The van der Waals surface area contributed by atoms with Gasteiger partial charge in [0.2, 0.25) is 0 Å². The summed E-state index contributed by atoms with van der Waals surface area (Å²) in [4.78, 5) is 18.5. The third-order valence-corrected chi connectivity index (χ3v) is 6.68. The van der Waals surface area contributed by atoms with Crippen molar-refractivity contribution in [1.29, 1.82) is 0 Å². The van der Waals surface area contributed by atoms with E-state index in [1.807, 2.05) is 24.4 Å². The number of piperidine rings is 1. The van der Waals surface area contributed by atoms with Crippen LogP contribution in [0.3, 0.4) is 0 Å². The SMILES string of the molecule is COc1ccc(C(=O)O)c(OCCN2CCC(c3cn(Cc4ccco4)c4ncccc34)CC2)c1. The summed E-state index contributed by atoms with van der Waals surface area (Å²) in [7, 11) is 1.55. The van der Waals surface area contributed by atoms with Gasteiger partial charge in [-0.3, -0.25) is 4.90 Å². The van der Waals surface area contributed by atoms with E-state index in [1.54, 1.807) is 25.5 Å². The standard InChI is InChI=1S/C27H29N3O5/c1-33-20-6-7-23(27(31)32)25(16-20)35-15-13-29-11-8-19(9-12-29)24-18-30(17-21-4-3-14-34-21)26-22(24)5-2-10-28-26/h2-7,10,14,16,18-19H,8-9,11-13,15,17H2,1H3,(H,31,32). The molecule has 0 bridgehead atoms. The van der Waals surface area contributed by atoms with Gasteiger partial charge in [0, 0.05) is 30.4 Å².